The third-order valence-electron chi connectivity index (χ3n) is 4.46. The van der Waals surface area contributed by atoms with Gasteiger partial charge in [0.25, 0.3) is 0 Å². The summed E-state index contributed by atoms with van der Waals surface area (Å²) in [5.41, 5.74) is 0.764. The molecule has 0 heterocycles. The van der Waals surface area contributed by atoms with Crippen molar-refractivity contribution in [2.24, 2.45) is 11.8 Å². The summed E-state index contributed by atoms with van der Waals surface area (Å²) in [5, 5.41) is 13.9. The fraction of sp³-hybridized carbons (Fsp3) is 0.647. The van der Waals surface area contributed by atoms with Gasteiger partial charge in [0.05, 0.1) is 5.60 Å². The lowest BCUT2D eigenvalue weighted by Crippen LogP contribution is -2.47. The van der Waals surface area contributed by atoms with Crippen molar-refractivity contribution in [3.05, 3.63) is 35.9 Å². The van der Waals surface area contributed by atoms with Gasteiger partial charge < -0.3 is 10.4 Å². The lowest BCUT2D eigenvalue weighted by atomic mass is 9.91. The highest BCUT2D eigenvalue weighted by Gasteiger charge is 2.33. The maximum atomic E-state index is 10.3. The average Bonchev–Trinajstić information content (AvgIpc) is 3.20. The van der Waals surface area contributed by atoms with E-state index in [4.69, 9.17) is 0 Å². The standard InChI is InChI=1S/C17H27NO/c1-13(2)17(3,19)12-18-16(15-9-10-15)11-14-7-5-4-6-8-14/h4-8,13,15-16,18-19H,9-12H2,1-3H3. The Morgan fingerprint density at radius 2 is 1.89 bits per heavy atom. The van der Waals surface area contributed by atoms with Gasteiger partial charge in [0.1, 0.15) is 0 Å². The molecule has 0 amide bonds. The molecule has 2 atom stereocenters. The van der Waals surface area contributed by atoms with Crippen molar-refractivity contribution >= 4 is 0 Å². The number of hydrogen-bond acceptors (Lipinski definition) is 2. The van der Waals surface area contributed by atoms with Crippen molar-refractivity contribution in [2.45, 2.75) is 51.7 Å². The molecule has 1 aromatic carbocycles. The van der Waals surface area contributed by atoms with Gasteiger partial charge in [-0.1, -0.05) is 44.2 Å². The van der Waals surface area contributed by atoms with Gasteiger partial charge in [-0.3, -0.25) is 0 Å². The molecule has 2 N–H and O–H groups in total. The molecule has 1 fully saturated rings. The van der Waals surface area contributed by atoms with Crippen LogP contribution in [0, 0.1) is 11.8 Å². The van der Waals surface area contributed by atoms with Gasteiger partial charge in [-0.05, 0) is 43.6 Å². The van der Waals surface area contributed by atoms with Gasteiger partial charge in [-0.2, -0.15) is 0 Å². The molecule has 1 aliphatic carbocycles. The van der Waals surface area contributed by atoms with Gasteiger partial charge in [-0.15, -0.1) is 0 Å². The van der Waals surface area contributed by atoms with Crippen LogP contribution in [0.5, 0.6) is 0 Å². The predicted molar refractivity (Wildman–Crippen MR) is 80.1 cm³/mol. The molecular formula is C17H27NO. The molecule has 1 saturated carbocycles. The van der Waals surface area contributed by atoms with Crippen LogP contribution in [0.3, 0.4) is 0 Å². The van der Waals surface area contributed by atoms with E-state index in [0.717, 1.165) is 12.3 Å². The minimum absolute atomic E-state index is 0.275. The highest BCUT2D eigenvalue weighted by molar-refractivity contribution is 5.16. The average molecular weight is 261 g/mol. The molecule has 0 saturated heterocycles. The Hall–Kier alpha value is -0.860. The molecule has 106 valence electrons. The summed E-state index contributed by atoms with van der Waals surface area (Å²) >= 11 is 0. The summed E-state index contributed by atoms with van der Waals surface area (Å²) in [5.74, 6) is 1.07. The van der Waals surface area contributed by atoms with Gasteiger partial charge in [-0.25, -0.2) is 0 Å². The second-order valence-electron chi connectivity index (χ2n) is 6.53. The molecule has 1 aliphatic rings. The number of benzene rings is 1. The molecule has 19 heavy (non-hydrogen) atoms. The minimum Gasteiger partial charge on any atom is -0.389 e. The first-order chi connectivity index (χ1) is 8.99. The summed E-state index contributed by atoms with van der Waals surface area (Å²) in [6.07, 6.45) is 3.72. The topological polar surface area (TPSA) is 32.3 Å². The van der Waals surface area contributed by atoms with Crippen LogP contribution in [0.25, 0.3) is 0 Å². The van der Waals surface area contributed by atoms with E-state index in [2.05, 4.69) is 49.5 Å². The molecular weight excluding hydrogens is 234 g/mol. The van der Waals surface area contributed by atoms with Crippen LogP contribution in [0.15, 0.2) is 30.3 Å². The van der Waals surface area contributed by atoms with E-state index in [1.54, 1.807) is 0 Å². The van der Waals surface area contributed by atoms with Gasteiger partial charge >= 0.3 is 0 Å². The van der Waals surface area contributed by atoms with Crippen LogP contribution in [0.1, 0.15) is 39.2 Å². The zero-order valence-electron chi connectivity index (χ0n) is 12.4. The fourth-order valence-electron chi connectivity index (χ4n) is 2.31. The molecule has 2 heteroatoms. The van der Waals surface area contributed by atoms with Crippen LogP contribution in [0.4, 0.5) is 0 Å². The van der Waals surface area contributed by atoms with E-state index >= 15 is 0 Å². The van der Waals surface area contributed by atoms with Crippen LogP contribution in [-0.2, 0) is 6.42 Å². The third-order valence-corrected chi connectivity index (χ3v) is 4.46. The Labute approximate surface area is 117 Å². The van der Waals surface area contributed by atoms with Gasteiger partial charge in [0, 0.05) is 12.6 Å². The lowest BCUT2D eigenvalue weighted by molar-refractivity contribution is 0.0112. The van der Waals surface area contributed by atoms with E-state index in [1.165, 1.54) is 18.4 Å². The zero-order chi connectivity index (χ0) is 13.9. The molecule has 0 radical (unpaired) electrons. The Morgan fingerprint density at radius 1 is 1.26 bits per heavy atom. The molecule has 0 aliphatic heterocycles. The van der Waals surface area contributed by atoms with Crippen LogP contribution in [-0.4, -0.2) is 23.3 Å². The first-order valence-electron chi connectivity index (χ1n) is 7.49. The summed E-state index contributed by atoms with van der Waals surface area (Å²) in [7, 11) is 0. The highest BCUT2D eigenvalue weighted by Crippen LogP contribution is 2.34. The molecule has 0 spiro atoms. The molecule has 1 aromatic rings. The summed E-state index contributed by atoms with van der Waals surface area (Å²) in [4.78, 5) is 0. The van der Waals surface area contributed by atoms with E-state index in [9.17, 15) is 5.11 Å². The van der Waals surface area contributed by atoms with E-state index in [0.29, 0.717) is 12.6 Å². The van der Waals surface area contributed by atoms with Crippen molar-refractivity contribution in [1.29, 1.82) is 0 Å². The highest BCUT2D eigenvalue weighted by atomic mass is 16.3. The Kier molecular flexibility index (Phi) is 4.64. The monoisotopic (exact) mass is 261 g/mol. The Morgan fingerprint density at radius 3 is 2.42 bits per heavy atom. The predicted octanol–water partition coefficient (Wildman–Crippen LogP) is 3.00. The first kappa shape index (κ1) is 14.5. The molecule has 0 aromatic heterocycles. The van der Waals surface area contributed by atoms with E-state index in [1.807, 2.05) is 6.92 Å². The molecule has 2 unspecified atom stereocenters. The quantitative estimate of drug-likeness (QED) is 0.791. The SMILES string of the molecule is CC(C)C(C)(O)CNC(Cc1ccccc1)C1CC1. The van der Waals surface area contributed by atoms with Crippen molar-refractivity contribution < 1.29 is 5.11 Å². The lowest BCUT2D eigenvalue weighted by Gasteiger charge is -2.30. The molecule has 0 bridgehead atoms. The van der Waals surface area contributed by atoms with Crippen LogP contribution >= 0.6 is 0 Å². The zero-order valence-corrected chi connectivity index (χ0v) is 12.4. The first-order valence-corrected chi connectivity index (χ1v) is 7.49. The minimum atomic E-state index is -0.621. The Bertz CT molecular complexity index is 382. The van der Waals surface area contributed by atoms with Crippen LogP contribution in [0.2, 0.25) is 0 Å². The third kappa shape index (κ3) is 4.32. The largest absolute Gasteiger partial charge is 0.389 e. The van der Waals surface area contributed by atoms with Crippen LogP contribution < -0.4 is 5.32 Å². The van der Waals surface area contributed by atoms with Crippen molar-refractivity contribution in [2.75, 3.05) is 6.54 Å². The maximum absolute atomic E-state index is 10.3. The van der Waals surface area contributed by atoms with Gasteiger partial charge in [0.15, 0.2) is 0 Å². The van der Waals surface area contributed by atoms with E-state index in [-0.39, 0.29) is 5.92 Å². The second kappa shape index (κ2) is 6.06. The summed E-state index contributed by atoms with van der Waals surface area (Å²) in [6, 6.07) is 11.2. The number of aliphatic hydroxyl groups is 1. The van der Waals surface area contributed by atoms with Crippen molar-refractivity contribution in [3.63, 3.8) is 0 Å². The Balaban J connectivity index is 1.90. The van der Waals surface area contributed by atoms with Gasteiger partial charge in [0.2, 0.25) is 0 Å². The van der Waals surface area contributed by atoms with Crippen molar-refractivity contribution in [3.8, 4) is 0 Å². The number of nitrogens with one attached hydrogen (secondary N) is 1. The number of hydrogen-bond donors (Lipinski definition) is 2. The maximum Gasteiger partial charge on any atom is 0.0766 e. The summed E-state index contributed by atoms with van der Waals surface area (Å²) in [6.45, 7) is 6.76. The number of rotatable bonds is 7. The summed E-state index contributed by atoms with van der Waals surface area (Å²) < 4.78 is 0. The molecule has 2 rings (SSSR count). The van der Waals surface area contributed by atoms with Crippen molar-refractivity contribution in [1.82, 2.24) is 5.32 Å². The second-order valence-corrected chi connectivity index (χ2v) is 6.53. The van der Waals surface area contributed by atoms with E-state index < -0.39 is 5.60 Å². The smallest absolute Gasteiger partial charge is 0.0766 e. The molecule has 2 nitrogen and oxygen atoms in total. The normalized spacial score (nSPS) is 20.3. The fourth-order valence-corrected chi connectivity index (χ4v) is 2.31.